The number of rotatable bonds is 15. The van der Waals surface area contributed by atoms with Crippen LogP contribution in [0.25, 0.3) is 0 Å². The van der Waals surface area contributed by atoms with E-state index in [0.717, 1.165) is 18.7 Å². The van der Waals surface area contributed by atoms with Crippen LogP contribution >= 0.6 is 0 Å². The quantitative estimate of drug-likeness (QED) is 0.265. The number of azo groups is 1. The monoisotopic (exact) mass is 477 g/mol. The van der Waals surface area contributed by atoms with E-state index in [-0.39, 0.29) is 10.8 Å². The van der Waals surface area contributed by atoms with Gasteiger partial charge in [-0.1, -0.05) is 6.92 Å². The Bertz CT molecular complexity index is 979. The molecule has 0 unspecified atom stereocenters. The molecule has 0 aliphatic heterocycles. The van der Waals surface area contributed by atoms with E-state index in [2.05, 4.69) is 27.8 Å². The van der Waals surface area contributed by atoms with E-state index in [9.17, 15) is 13.2 Å². The van der Waals surface area contributed by atoms with Gasteiger partial charge < -0.3 is 20.1 Å². The summed E-state index contributed by atoms with van der Waals surface area (Å²) in [5.41, 5.74) is 1.99. The molecule has 180 valence electrons. The van der Waals surface area contributed by atoms with Gasteiger partial charge in [0.05, 0.1) is 36.1 Å². The van der Waals surface area contributed by atoms with Crippen LogP contribution in [-0.4, -0.2) is 53.8 Å². The average molecular weight is 478 g/mol. The third kappa shape index (κ3) is 11.0. The maximum absolute atomic E-state index is 11.9. The molecule has 2 aromatic rings. The zero-order chi connectivity index (χ0) is 23.9. The predicted octanol–water partition coefficient (Wildman–Crippen LogP) is 3.11. The number of nitrogens with one attached hydrogen (secondary N) is 2. The summed E-state index contributed by atoms with van der Waals surface area (Å²) in [6.45, 7) is 5.31. The van der Waals surface area contributed by atoms with Crippen LogP contribution in [0.3, 0.4) is 0 Å². The molecule has 2 rings (SSSR count). The number of ether oxygens (including phenoxy) is 2. The van der Waals surface area contributed by atoms with Gasteiger partial charge >= 0.3 is 0 Å². The smallest absolute Gasteiger partial charge is 0.238 e. The van der Waals surface area contributed by atoms with Crippen LogP contribution in [0.2, 0.25) is 0 Å². The molecule has 0 aliphatic carbocycles. The number of sulfonamides is 1. The Kier molecular flexibility index (Phi) is 11.5. The second kappa shape index (κ2) is 14.3. The van der Waals surface area contributed by atoms with Gasteiger partial charge in [-0.15, -0.1) is 0 Å². The van der Waals surface area contributed by atoms with Crippen LogP contribution in [0.5, 0.6) is 0 Å². The van der Waals surface area contributed by atoms with Crippen molar-refractivity contribution in [3.05, 3.63) is 48.5 Å². The first-order valence-corrected chi connectivity index (χ1v) is 12.2. The zero-order valence-corrected chi connectivity index (χ0v) is 19.5. The minimum absolute atomic E-state index is 0.0202. The first-order valence-electron chi connectivity index (χ1n) is 10.7. The molecule has 0 radical (unpaired) electrons. The maximum atomic E-state index is 11.9. The molecule has 0 spiro atoms. The number of carbonyl (C=O) groups is 1. The average Bonchev–Trinajstić information content (AvgIpc) is 2.80. The predicted molar refractivity (Wildman–Crippen MR) is 126 cm³/mol. The Morgan fingerprint density at radius 2 is 1.45 bits per heavy atom. The highest BCUT2D eigenvalue weighted by atomic mass is 32.2. The van der Waals surface area contributed by atoms with Crippen molar-refractivity contribution < 1.29 is 22.7 Å². The van der Waals surface area contributed by atoms with E-state index in [1.807, 2.05) is 12.1 Å². The number of amides is 1. The minimum Gasteiger partial charge on any atom is -0.385 e. The summed E-state index contributed by atoms with van der Waals surface area (Å²) in [6, 6.07) is 13.1. The largest absolute Gasteiger partial charge is 0.385 e. The molecule has 0 aromatic heterocycles. The lowest BCUT2D eigenvalue weighted by atomic mass is 10.3. The number of hydrogen-bond acceptors (Lipinski definition) is 8. The number of hydrogen-bond donors (Lipinski definition) is 3. The Morgan fingerprint density at radius 1 is 0.879 bits per heavy atom. The zero-order valence-electron chi connectivity index (χ0n) is 18.7. The molecule has 1 amide bonds. The van der Waals surface area contributed by atoms with Gasteiger partial charge in [0.25, 0.3) is 0 Å². The number of anilines is 1. The lowest BCUT2D eigenvalue weighted by molar-refractivity contribution is -0.121. The molecule has 11 heteroatoms. The number of primary sulfonamides is 1. The highest BCUT2D eigenvalue weighted by Gasteiger charge is 2.06. The van der Waals surface area contributed by atoms with Crippen molar-refractivity contribution in [2.24, 2.45) is 15.4 Å². The highest BCUT2D eigenvalue weighted by Crippen LogP contribution is 2.21. The van der Waals surface area contributed by atoms with Crippen molar-refractivity contribution in [2.75, 3.05) is 44.8 Å². The second-order valence-electron chi connectivity index (χ2n) is 7.04. The summed E-state index contributed by atoms with van der Waals surface area (Å²) < 4.78 is 33.2. The fourth-order valence-electron chi connectivity index (χ4n) is 2.60. The van der Waals surface area contributed by atoms with E-state index in [1.165, 1.54) is 24.3 Å². The van der Waals surface area contributed by atoms with Crippen LogP contribution in [-0.2, 0) is 24.3 Å². The first-order chi connectivity index (χ1) is 15.9. The molecule has 0 saturated carbocycles. The van der Waals surface area contributed by atoms with Gasteiger partial charge in [0.2, 0.25) is 15.9 Å². The Balaban J connectivity index is 1.64. The van der Waals surface area contributed by atoms with Gasteiger partial charge in [-0.05, 0) is 55.0 Å². The summed E-state index contributed by atoms with van der Waals surface area (Å²) >= 11 is 0. The van der Waals surface area contributed by atoms with E-state index in [4.69, 9.17) is 14.6 Å². The molecule has 0 aliphatic rings. The van der Waals surface area contributed by atoms with Crippen LogP contribution in [0.15, 0.2) is 63.7 Å². The molecule has 10 nitrogen and oxygen atoms in total. The van der Waals surface area contributed by atoms with Gasteiger partial charge in [0.1, 0.15) is 0 Å². The van der Waals surface area contributed by atoms with E-state index < -0.39 is 10.0 Å². The van der Waals surface area contributed by atoms with Gasteiger partial charge in [-0.3, -0.25) is 4.79 Å². The molecule has 0 fully saturated rings. The number of nitrogens with two attached hydrogens (primary N) is 1. The number of nitrogens with zero attached hydrogens (tertiary/aromatic N) is 2. The van der Waals surface area contributed by atoms with E-state index in [0.29, 0.717) is 50.7 Å². The molecule has 0 heterocycles. The lowest BCUT2D eigenvalue weighted by Crippen LogP contribution is -2.29. The summed E-state index contributed by atoms with van der Waals surface area (Å²) in [7, 11) is -3.73. The van der Waals surface area contributed by atoms with Gasteiger partial charge in [0.15, 0.2) is 0 Å². The summed E-state index contributed by atoms with van der Waals surface area (Å²) in [4.78, 5) is 11.9. The molecular weight excluding hydrogens is 446 g/mol. The van der Waals surface area contributed by atoms with E-state index >= 15 is 0 Å². The number of carbonyl (C=O) groups excluding carboxylic acids is 1. The third-order valence-corrected chi connectivity index (χ3v) is 5.21. The summed E-state index contributed by atoms with van der Waals surface area (Å²) in [5.74, 6) is -0.0489. The lowest BCUT2D eigenvalue weighted by Gasteiger charge is -2.08. The first kappa shape index (κ1) is 26.4. The van der Waals surface area contributed by atoms with Crippen LogP contribution in [0, 0.1) is 0 Å². The van der Waals surface area contributed by atoms with Crippen molar-refractivity contribution in [1.29, 1.82) is 0 Å². The standard InChI is InChI=1S/C22H31N5O5S/c1-2-14-31-16-17-32-15-13-25-22(28)11-12-24-18-3-5-19(6-4-18)26-27-20-7-9-21(10-8-20)33(23,29)30/h3-10,24H,2,11-17H2,1H3,(H,25,28)(H2,23,29,30). The highest BCUT2D eigenvalue weighted by molar-refractivity contribution is 7.89. The van der Waals surface area contributed by atoms with Gasteiger partial charge in [-0.25, -0.2) is 13.6 Å². The Hall–Kier alpha value is -2.86. The van der Waals surface area contributed by atoms with Crippen molar-refractivity contribution in [3.63, 3.8) is 0 Å². The Labute approximate surface area is 194 Å². The normalized spacial score (nSPS) is 11.6. The van der Waals surface area contributed by atoms with Crippen LogP contribution < -0.4 is 15.8 Å². The SMILES string of the molecule is CCCOCCOCCNC(=O)CCNc1ccc(N=Nc2ccc(S(N)(=O)=O)cc2)cc1. The molecule has 0 bridgehead atoms. The van der Waals surface area contributed by atoms with Crippen LogP contribution in [0.1, 0.15) is 19.8 Å². The Morgan fingerprint density at radius 3 is 2.03 bits per heavy atom. The van der Waals surface area contributed by atoms with Gasteiger partial charge in [0, 0.05) is 31.8 Å². The third-order valence-electron chi connectivity index (χ3n) is 4.28. The van der Waals surface area contributed by atoms with Crippen molar-refractivity contribution in [1.82, 2.24) is 5.32 Å². The summed E-state index contributed by atoms with van der Waals surface area (Å²) in [6.07, 6.45) is 1.33. The molecule has 0 saturated heterocycles. The molecule has 0 atom stereocenters. The minimum atomic E-state index is -3.73. The fourth-order valence-corrected chi connectivity index (χ4v) is 3.12. The summed E-state index contributed by atoms with van der Waals surface area (Å²) in [5, 5.41) is 19.3. The molecule has 2 aromatic carbocycles. The van der Waals surface area contributed by atoms with Crippen molar-refractivity contribution in [2.45, 2.75) is 24.7 Å². The van der Waals surface area contributed by atoms with Crippen molar-refractivity contribution >= 4 is 33.0 Å². The van der Waals surface area contributed by atoms with Gasteiger partial charge in [-0.2, -0.15) is 10.2 Å². The topological polar surface area (TPSA) is 144 Å². The molecular formula is C22H31N5O5S. The van der Waals surface area contributed by atoms with Crippen LogP contribution in [0.4, 0.5) is 17.1 Å². The second-order valence-corrected chi connectivity index (χ2v) is 8.60. The molecule has 33 heavy (non-hydrogen) atoms. The molecule has 4 N–H and O–H groups in total. The maximum Gasteiger partial charge on any atom is 0.238 e. The number of benzene rings is 2. The van der Waals surface area contributed by atoms with E-state index in [1.54, 1.807) is 12.1 Å². The fraction of sp³-hybridized carbons (Fsp3) is 0.409. The van der Waals surface area contributed by atoms with Crippen molar-refractivity contribution in [3.8, 4) is 0 Å².